The maximum Gasteiger partial charge on any atom is 0.0967 e. The number of nitrogens with one attached hydrogen (secondary N) is 1. The minimum Gasteiger partial charge on any atom is -0.391 e. The summed E-state index contributed by atoms with van der Waals surface area (Å²) in [4.78, 5) is 0. The van der Waals surface area contributed by atoms with Crippen LogP contribution in [0.25, 0.3) is 11.3 Å². The molecule has 0 aliphatic heterocycles. The van der Waals surface area contributed by atoms with Crippen LogP contribution in [0, 0.1) is 0 Å². The van der Waals surface area contributed by atoms with Gasteiger partial charge in [0.25, 0.3) is 0 Å². The molecule has 1 aromatic heterocycles. The Kier molecular flexibility index (Phi) is 5.41. The van der Waals surface area contributed by atoms with E-state index in [-0.39, 0.29) is 0 Å². The molecule has 0 aliphatic rings. The topological polar surface area (TPSA) is 50.1 Å². The van der Waals surface area contributed by atoms with E-state index in [1.54, 1.807) is 0 Å². The second-order valence-electron chi connectivity index (χ2n) is 6.02. The highest BCUT2D eigenvalue weighted by Gasteiger charge is 2.11. The van der Waals surface area contributed by atoms with Crippen molar-refractivity contribution in [1.82, 2.24) is 15.1 Å². The molecule has 4 heteroatoms. The summed E-state index contributed by atoms with van der Waals surface area (Å²) >= 11 is 0. The van der Waals surface area contributed by atoms with Gasteiger partial charge in [-0.2, -0.15) is 5.10 Å². The molecule has 0 saturated carbocycles. The van der Waals surface area contributed by atoms with Gasteiger partial charge in [0.05, 0.1) is 11.8 Å². The van der Waals surface area contributed by atoms with Crippen molar-refractivity contribution < 1.29 is 5.11 Å². The molecular weight excluding hydrogens is 298 g/mol. The van der Waals surface area contributed by atoms with Gasteiger partial charge in [0, 0.05) is 37.5 Å². The molecule has 24 heavy (non-hydrogen) atoms. The van der Waals surface area contributed by atoms with E-state index < -0.39 is 6.10 Å². The summed E-state index contributed by atoms with van der Waals surface area (Å²) in [6.07, 6.45) is 2.29. The number of benzene rings is 2. The van der Waals surface area contributed by atoms with E-state index in [0.717, 1.165) is 22.4 Å². The summed E-state index contributed by atoms with van der Waals surface area (Å²) in [5.74, 6) is 0. The standard InChI is InChI=1S/C20H23N3O/c1-23-15-18(20(22-23)17-10-6-3-7-11-17)13-21-14-19(24)12-16-8-4-2-5-9-16/h2-11,15,19,21,24H,12-14H2,1H3. The molecule has 1 atom stereocenters. The Morgan fingerprint density at radius 3 is 2.42 bits per heavy atom. The number of rotatable bonds is 7. The zero-order valence-corrected chi connectivity index (χ0v) is 13.9. The molecule has 0 spiro atoms. The molecule has 124 valence electrons. The van der Waals surface area contributed by atoms with Gasteiger partial charge in [0.2, 0.25) is 0 Å². The van der Waals surface area contributed by atoms with Crippen molar-refractivity contribution in [1.29, 1.82) is 0 Å². The van der Waals surface area contributed by atoms with Crippen LogP contribution < -0.4 is 5.32 Å². The first kappa shape index (κ1) is 16.4. The van der Waals surface area contributed by atoms with E-state index in [1.807, 2.05) is 66.5 Å². The van der Waals surface area contributed by atoms with Crippen LogP contribution in [0.3, 0.4) is 0 Å². The number of nitrogens with zero attached hydrogens (tertiary/aromatic N) is 2. The Bertz CT molecular complexity index is 753. The molecule has 2 aromatic carbocycles. The van der Waals surface area contributed by atoms with Gasteiger partial charge in [-0.25, -0.2) is 0 Å². The summed E-state index contributed by atoms with van der Waals surface area (Å²) in [5, 5.41) is 18.1. The summed E-state index contributed by atoms with van der Waals surface area (Å²) < 4.78 is 1.83. The Balaban J connectivity index is 1.57. The molecule has 1 heterocycles. The highest BCUT2D eigenvalue weighted by molar-refractivity contribution is 5.62. The SMILES string of the molecule is Cn1cc(CNCC(O)Cc2ccccc2)c(-c2ccccc2)n1. The first-order valence-corrected chi connectivity index (χ1v) is 8.23. The maximum absolute atomic E-state index is 10.2. The van der Waals surface area contributed by atoms with Crippen molar-refractivity contribution in [2.75, 3.05) is 6.54 Å². The van der Waals surface area contributed by atoms with Gasteiger partial charge < -0.3 is 10.4 Å². The van der Waals surface area contributed by atoms with Crippen molar-refractivity contribution in [2.24, 2.45) is 7.05 Å². The van der Waals surface area contributed by atoms with Gasteiger partial charge in [-0.1, -0.05) is 60.7 Å². The van der Waals surface area contributed by atoms with E-state index in [0.29, 0.717) is 19.5 Å². The number of aromatic nitrogens is 2. The zero-order valence-electron chi connectivity index (χ0n) is 13.9. The van der Waals surface area contributed by atoms with Gasteiger partial charge >= 0.3 is 0 Å². The van der Waals surface area contributed by atoms with Gasteiger partial charge in [0.15, 0.2) is 0 Å². The van der Waals surface area contributed by atoms with Crippen LogP contribution in [0.1, 0.15) is 11.1 Å². The first-order chi connectivity index (χ1) is 11.7. The fourth-order valence-corrected chi connectivity index (χ4v) is 2.84. The average Bonchev–Trinajstić information content (AvgIpc) is 2.97. The van der Waals surface area contributed by atoms with Crippen LogP contribution >= 0.6 is 0 Å². The fraction of sp³-hybridized carbons (Fsp3) is 0.250. The summed E-state index contributed by atoms with van der Waals surface area (Å²) in [6.45, 7) is 1.24. The lowest BCUT2D eigenvalue weighted by Crippen LogP contribution is -2.28. The average molecular weight is 321 g/mol. The van der Waals surface area contributed by atoms with Crippen molar-refractivity contribution >= 4 is 0 Å². The summed E-state index contributed by atoms with van der Waals surface area (Å²) in [5.41, 5.74) is 4.39. The quantitative estimate of drug-likeness (QED) is 0.703. The number of aliphatic hydroxyl groups is 1. The molecule has 3 rings (SSSR count). The number of hydrogen-bond acceptors (Lipinski definition) is 3. The van der Waals surface area contributed by atoms with Crippen LogP contribution in [0.2, 0.25) is 0 Å². The summed E-state index contributed by atoms with van der Waals surface area (Å²) in [7, 11) is 1.93. The minimum atomic E-state index is -0.399. The minimum absolute atomic E-state index is 0.399. The second kappa shape index (κ2) is 7.90. The zero-order chi connectivity index (χ0) is 16.8. The predicted octanol–water partition coefficient (Wildman–Crippen LogP) is 2.78. The number of aryl methyl sites for hydroxylation is 1. The Morgan fingerprint density at radius 2 is 1.71 bits per heavy atom. The fourth-order valence-electron chi connectivity index (χ4n) is 2.84. The van der Waals surface area contributed by atoms with Crippen molar-refractivity contribution in [3.05, 3.63) is 78.0 Å². The lowest BCUT2D eigenvalue weighted by Gasteiger charge is -2.12. The van der Waals surface area contributed by atoms with E-state index in [2.05, 4.69) is 22.5 Å². The van der Waals surface area contributed by atoms with Crippen molar-refractivity contribution in [3.63, 3.8) is 0 Å². The highest BCUT2D eigenvalue weighted by Crippen LogP contribution is 2.21. The third-order valence-corrected chi connectivity index (χ3v) is 3.96. The second-order valence-corrected chi connectivity index (χ2v) is 6.02. The van der Waals surface area contributed by atoms with Crippen LogP contribution in [0.4, 0.5) is 0 Å². The summed E-state index contributed by atoms with van der Waals surface area (Å²) in [6, 6.07) is 20.2. The van der Waals surface area contributed by atoms with Gasteiger partial charge in [-0.15, -0.1) is 0 Å². The van der Waals surface area contributed by atoms with E-state index in [1.165, 1.54) is 0 Å². The smallest absolute Gasteiger partial charge is 0.0967 e. The highest BCUT2D eigenvalue weighted by atomic mass is 16.3. The molecule has 0 aliphatic carbocycles. The largest absolute Gasteiger partial charge is 0.391 e. The number of aliphatic hydroxyl groups excluding tert-OH is 1. The van der Waals surface area contributed by atoms with Crippen LogP contribution in [-0.2, 0) is 20.0 Å². The molecule has 3 aromatic rings. The van der Waals surface area contributed by atoms with Gasteiger partial charge in [-0.3, -0.25) is 4.68 Å². The Labute approximate surface area is 142 Å². The van der Waals surface area contributed by atoms with E-state index in [4.69, 9.17) is 0 Å². The monoisotopic (exact) mass is 321 g/mol. The third kappa shape index (κ3) is 4.31. The molecule has 0 radical (unpaired) electrons. The molecule has 0 fully saturated rings. The van der Waals surface area contributed by atoms with Crippen LogP contribution in [-0.4, -0.2) is 27.5 Å². The lowest BCUT2D eigenvalue weighted by molar-refractivity contribution is 0.171. The molecule has 0 saturated heterocycles. The first-order valence-electron chi connectivity index (χ1n) is 8.23. The number of hydrogen-bond donors (Lipinski definition) is 2. The third-order valence-electron chi connectivity index (χ3n) is 3.96. The Hall–Kier alpha value is -2.43. The van der Waals surface area contributed by atoms with Crippen molar-refractivity contribution in [2.45, 2.75) is 19.1 Å². The molecular formula is C20H23N3O. The molecule has 0 bridgehead atoms. The van der Waals surface area contributed by atoms with Gasteiger partial charge in [0.1, 0.15) is 0 Å². The van der Waals surface area contributed by atoms with Crippen molar-refractivity contribution in [3.8, 4) is 11.3 Å². The molecule has 2 N–H and O–H groups in total. The maximum atomic E-state index is 10.2. The van der Waals surface area contributed by atoms with Gasteiger partial charge in [-0.05, 0) is 12.0 Å². The van der Waals surface area contributed by atoms with Crippen LogP contribution in [0.15, 0.2) is 66.9 Å². The predicted molar refractivity (Wildman–Crippen MR) is 96.5 cm³/mol. The Morgan fingerprint density at radius 1 is 1.04 bits per heavy atom. The van der Waals surface area contributed by atoms with E-state index >= 15 is 0 Å². The van der Waals surface area contributed by atoms with Crippen LogP contribution in [0.5, 0.6) is 0 Å². The normalized spacial score (nSPS) is 12.2. The lowest BCUT2D eigenvalue weighted by atomic mass is 10.1. The molecule has 4 nitrogen and oxygen atoms in total. The molecule has 1 unspecified atom stereocenters. The molecule has 0 amide bonds. The van der Waals surface area contributed by atoms with E-state index in [9.17, 15) is 5.11 Å².